The van der Waals surface area contributed by atoms with Crippen LogP contribution in [-0.4, -0.2) is 47.3 Å². The second-order valence-corrected chi connectivity index (χ2v) is 11.1. The molecule has 222 valence electrons. The monoisotopic (exact) mass is 580 g/mol. The van der Waals surface area contributed by atoms with Crippen LogP contribution in [0.4, 0.5) is 26.3 Å². The molecular weight excluding hydrogens is 546 g/mol. The van der Waals surface area contributed by atoms with E-state index in [0.29, 0.717) is 18.1 Å². The summed E-state index contributed by atoms with van der Waals surface area (Å²) >= 11 is 0. The highest BCUT2D eigenvalue weighted by atomic mass is 19.4. The van der Waals surface area contributed by atoms with Gasteiger partial charge >= 0.3 is 12.4 Å². The first-order chi connectivity index (χ1) is 19.2. The van der Waals surface area contributed by atoms with Crippen molar-refractivity contribution in [2.24, 2.45) is 5.92 Å². The minimum atomic E-state index is -5.06. The van der Waals surface area contributed by atoms with Gasteiger partial charge < -0.3 is 9.80 Å². The van der Waals surface area contributed by atoms with Crippen LogP contribution in [0.5, 0.6) is 0 Å². The largest absolute Gasteiger partial charge is 0.416 e. The summed E-state index contributed by atoms with van der Waals surface area (Å²) in [5.74, 6) is -0.808. The molecule has 2 aromatic rings. The number of rotatable bonds is 5. The first-order valence-electron chi connectivity index (χ1n) is 13.9. The number of piperazine rings is 1. The van der Waals surface area contributed by atoms with Crippen LogP contribution in [0.15, 0.2) is 48.6 Å². The van der Waals surface area contributed by atoms with Crippen molar-refractivity contribution in [1.29, 1.82) is 0 Å². The van der Waals surface area contributed by atoms with E-state index in [1.165, 1.54) is 11.3 Å². The van der Waals surface area contributed by atoms with Gasteiger partial charge in [-0.15, -0.1) is 0 Å². The van der Waals surface area contributed by atoms with E-state index in [-0.39, 0.29) is 38.0 Å². The molecule has 1 aliphatic heterocycles. The van der Waals surface area contributed by atoms with E-state index in [1.807, 2.05) is 38.1 Å². The molecule has 41 heavy (non-hydrogen) atoms. The van der Waals surface area contributed by atoms with Crippen molar-refractivity contribution in [2.45, 2.75) is 70.8 Å². The predicted molar refractivity (Wildman–Crippen MR) is 143 cm³/mol. The van der Waals surface area contributed by atoms with Gasteiger partial charge in [0.05, 0.1) is 17.2 Å². The molecule has 0 aromatic heterocycles. The number of hydrogen-bond donors (Lipinski definition) is 0. The van der Waals surface area contributed by atoms with E-state index in [4.69, 9.17) is 0 Å². The van der Waals surface area contributed by atoms with E-state index in [9.17, 15) is 35.9 Å². The summed E-state index contributed by atoms with van der Waals surface area (Å²) in [6.45, 7) is 4.08. The van der Waals surface area contributed by atoms with Gasteiger partial charge in [-0.1, -0.05) is 43.5 Å². The summed E-state index contributed by atoms with van der Waals surface area (Å²) in [4.78, 5) is 29.5. The van der Waals surface area contributed by atoms with Gasteiger partial charge in [0.2, 0.25) is 5.91 Å². The molecule has 0 unspecified atom stereocenters. The Morgan fingerprint density at radius 3 is 2.07 bits per heavy atom. The van der Waals surface area contributed by atoms with Crippen molar-refractivity contribution in [2.75, 3.05) is 19.6 Å². The Morgan fingerprint density at radius 2 is 1.49 bits per heavy atom. The molecule has 10 heteroatoms. The number of nitrogens with zero attached hydrogens (tertiary/aromatic N) is 2. The number of amides is 2. The molecule has 0 N–H and O–H groups in total. The van der Waals surface area contributed by atoms with Gasteiger partial charge in [0, 0.05) is 25.2 Å². The lowest BCUT2D eigenvalue weighted by atomic mass is 9.89. The maximum Gasteiger partial charge on any atom is 0.416 e. The maximum atomic E-state index is 13.6. The molecule has 2 aliphatic rings. The number of carbonyl (C=O) groups is 2. The minimum absolute atomic E-state index is 0.0125. The Balaban J connectivity index is 1.63. The van der Waals surface area contributed by atoms with Crippen LogP contribution in [0, 0.1) is 19.8 Å². The van der Waals surface area contributed by atoms with Gasteiger partial charge in [-0.05, 0) is 80.0 Å². The Labute approximate surface area is 236 Å². The number of aryl methyl sites for hydroxylation is 2. The van der Waals surface area contributed by atoms with Gasteiger partial charge in [0.15, 0.2) is 0 Å². The van der Waals surface area contributed by atoms with Crippen LogP contribution in [0.3, 0.4) is 0 Å². The zero-order valence-corrected chi connectivity index (χ0v) is 23.1. The second-order valence-electron chi connectivity index (χ2n) is 11.1. The molecule has 2 fully saturated rings. The van der Waals surface area contributed by atoms with Crippen LogP contribution in [0.2, 0.25) is 0 Å². The summed E-state index contributed by atoms with van der Waals surface area (Å²) in [5.41, 5.74) is -0.853. The number of carbonyl (C=O) groups excluding carboxylic acids is 2. The van der Waals surface area contributed by atoms with E-state index in [2.05, 4.69) is 0 Å². The third-order valence-corrected chi connectivity index (χ3v) is 8.09. The summed E-state index contributed by atoms with van der Waals surface area (Å²) in [6.07, 6.45) is -0.881. The quantitative estimate of drug-likeness (QED) is 0.274. The van der Waals surface area contributed by atoms with Crippen molar-refractivity contribution >= 4 is 11.8 Å². The third-order valence-electron chi connectivity index (χ3n) is 8.09. The molecule has 4 nitrogen and oxygen atoms in total. The maximum absolute atomic E-state index is 13.6. The first-order valence-corrected chi connectivity index (χ1v) is 13.9. The average molecular weight is 581 g/mol. The molecular formula is C31H34F6N2O2. The Bertz CT molecular complexity index is 1260. The smallest absolute Gasteiger partial charge is 0.335 e. The highest BCUT2D eigenvalue weighted by molar-refractivity contribution is 5.95. The summed E-state index contributed by atoms with van der Waals surface area (Å²) in [6, 6.07) is 6.03. The van der Waals surface area contributed by atoms with Gasteiger partial charge in [-0.3, -0.25) is 9.59 Å². The molecule has 4 rings (SSSR count). The zero-order valence-electron chi connectivity index (χ0n) is 23.1. The van der Waals surface area contributed by atoms with Crippen LogP contribution >= 0.6 is 0 Å². The van der Waals surface area contributed by atoms with Crippen molar-refractivity contribution in [3.05, 3.63) is 81.9 Å². The lowest BCUT2D eigenvalue weighted by Gasteiger charge is -2.41. The topological polar surface area (TPSA) is 40.6 Å². The molecule has 1 atom stereocenters. The van der Waals surface area contributed by atoms with Crippen molar-refractivity contribution in [3.63, 3.8) is 0 Å². The van der Waals surface area contributed by atoms with E-state index in [0.717, 1.165) is 42.4 Å². The van der Waals surface area contributed by atoms with Crippen LogP contribution < -0.4 is 0 Å². The average Bonchev–Trinajstić information content (AvgIpc) is 2.92. The van der Waals surface area contributed by atoms with E-state index in [1.54, 1.807) is 11.0 Å². The summed E-state index contributed by atoms with van der Waals surface area (Å²) < 4.78 is 80.9. The van der Waals surface area contributed by atoms with E-state index >= 15 is 0 Å². The van der Waals surface area contributed by atoms with Crippen LogP contribution in [0.25, 0.3) is 0 Å². The Morgan fingerprint density at radius 1 is 0.854 bits per heavy atom. The number of alkyl halides is 6. The van der Waals surface area contributed by atoms with Gasteiger partial charge in [-0.2, -0.15) is 26.3 Å². The molecule has 1 saturated carbocycles. The second kappa shape index (κ2) is 12.3. The fourth-order valence-electron chi connectivity index (χ4n) is 5.59. The molecule has 1 aliphatic carbocycles. The van der Waals surface area contributed by atoms with Crippen molar-refractivity contribution in [3.8, 4) is 0 Å². The molecule has 0 radical (unpaired) electrons. The number of benzene rings is 2. The van der Waals surface area contributed by atoms with Gasteiger partial charge in [0.25, 0.3) is 5.91 Å². The Hall–Kier alpha value is -3.30. The molecule has 0 spiro atoms. The van der Waals surface area contributed by atoms with Crippen molar-refractivity contribution < 1.29 is 35.9 Å². The summed E-state index contributed by atoms with van der Waals surface area (Å²) in [7, 11) is 0. The fraction of sp³-hybridized carbons (Fsp3) is 0.484. The Kier molecular flexibility index (Phi) is 9.19. The van der Waals surface area contributed by atoms with Gasteiger partial charge in [0.1, 0.15) is 0 Å². The minimum Gasteiger partial charge on any atom is -0.335 e. The molecule has 2 amide bonds. The standard InChI is InChI=1S/C31H34F6N2O2/c1-20-8-9-23(14-21(20)2)15-27-19-38(28(40)11-10-22-6-4-3-5-7-22)12-13-39(27)29(41)24-16-25(30(32,33)34)18-26(17-24)31(35,36)37/h8-11,14,16-18,22,27H,3-7,12-13,15,19H2,1-2H3/t27-/m1/s1. The van der Waals surface area contributed by atoms with Crippen LogP contribution in [-0.2, 0) is 23.6 Å². The lowest BCUT2D eigenvalue weighted by molar-refractivity contribution is -0.143. The highest BCUT2D eigenvalue weighted by Crippen LogP contribution is 2.37. The van der Waals surface area contributed by atoms with Crippen molar-refractivity contribution in [1.82, 2.24) is 9.80 Å². The fourth-order valence-corrected chi connectivity index (χ4v) is 5.59. The van der Waals surface area contributed by atoms with Crippen LogP contribution in [0.1, 0.15) is 70.3 Å². The molecule has 1 saturated heterocycles. The number of allylic oxidation sites excluding steroid dienone is 1. The molecule has 2 aromatic carbocycles. The molecule has 1 heterocycles. The predicted octanol–water partition coefficient (Wildman–Crippen LogP) is 7.37. The third kappa shape index (κ3) is 7.71. The van der Waals surface area contributed by atoms with E-state index < -0.39 is 41.0 Å². The first kappa shape index (κ1) is 30.7. The molecule has 0 bridgehead atoms. The SMILES string of the molecule is Cc1ccc(C[C@@H]2CN(C(=O)C=CC3CCCCC3)CCN2C(=O)c2cc(C(F)(F)F)cc(C(F)(F)F)c2)cc1C. The zero-order chi connectivity index (χ0) is 29.9. The number of hydrogen-bond acceptors (Lipinski definition) is 2. The normalized spacial score (nSPS) is 19.2. The summed E-state index contributed by atoms with van der Waals surface area (Å²) in [5, 5.41) is 0. The highest BCUT2D eigenvalue weighted by Gasteiger charge is 2.39. The lowest BCUT2D eigenvalue weighted by Crippen LogP contribution is -2.57. The van der Waals surface area contributed by atoms with Gasteiger partial charge in [-0.25, -0.2) is 0 Å². The number of halogens is 6.